The molecule has 1 fully saturated rings. The number of rotatable bonds is 5. The third-order valence-corrected chi connectivity index (χ3v) is 5.28. The predicted molar refractivity (Wildman–Crippen MR) is 103 cm³/mol. The number of nitro groups is 1. The van der Waals surface area contributed by atoms with E-state index in [2.05, 4.69) is 5.10 Å². The number of halogens is 3. The van der Waals surface area contributed by atoms with Crippen molar-refractivity contribution in [1.29, 1.82) is 0 Å². The van der Waals surface area contributed by atoms with Crippen molar-refractivity contribution < 1.29 is 32.4 Å². The number of hydrogen-bond donors (Lipinski definition) is 0. The molecule has 0 spiro atoms. The number of likely N-dealkylation sites (tertiary alicyclic amines) is 1. The maximum atomic E-state index is 13.0. The van der Waals surface area contributed by atoms with Gasteiger partial charge in [-0.1, -0.05) is 0 Å². The van der Waals surface area contributed by atoms with E-state index in [1.807, 2.05) is 0 Å². The number of carbonyl (C=O) groups excluding carboxylic acids is 1. The molecule has 1 aromatic heterocycles. The molecule has 0 radical (unpaired) electrons. The quantitative estimate of drug-likeness (QED) is 0.495. The molecule has 2 heterocycles. The normalized spacial score (nSPS) is 15.0. The van der Waals surface area contributed by atoms with Gasteiger partial charge in [-0.15, -0.1) is 5.10 Å². The number of alkyl halides is 3. The van der Waals surface area contributed by atoms with Crippen LogP contribution in [0, 0.1) is 10.1 Å². The molecule has 11 nitrogen and oxygen atoms in total. The number of aromatic nitrogens is 3. The minimum absolute atomic E-state index is 0.0688. The third kappa shape index (κ3) is 4.11. The van der Waals surface area contributed by atoms with Crippen LogP contribution in [0.3, 0.4) is 0 Å². The lowest BCUT2D eigenvalue weighted by molar-refractivity contribution is -0.385. The minimum atomic E-state index is -4.78. The van der Waals surface area contributed by atoms with Crippen LogP contribution in [-0.4, -0.2) is 57.4 Å². The zero-order valence-corrected chi connectivity index (χ0v) is 17.4. The van der Waals surface area contributed by atoms with Gasteiger partial charge in [0.2, 0.25) is 5.82 Å². The largest absolute Gasteiger partial charge is 0.493 e. The first-order valence-corrected chi connectivity index (χ1v) is 9.42. The van der Waals surface area contributed by atoms with Crippen molar-refractivity contribution in [3.63, 3.8) is 0 Å². The molecular formula is C18H20F3N5O6. The first-order valence-electron chi connectivity index (χ1n) is 9.42. The Labute approximate surface area is 179 Å². The molecule has 3 rings (SSSR count). The second kappa shape index (κ2) is 8.51. The van der Waals surface area contributed by atoms with Gasteiger partial charge in [0.15, 0.2) is 11.5 Å². The molecule has 0 bridgehead atoms. The monoisotopic (exact) mass is 459 g/mol. The number of carbonyl (C=O) groups is 1. The SMILES string of the molecule is COc1cc(C(=O)N2CCC(n3nc(C(F)(F)F)n(C)c3=O)CC2)c([N+](=O)[O-])cc1OC. The first kappa shape index (κ1) is 23.1. The van der Waals surface area contributed by atoms with Crippen LogP contribution < -0.4 is 15.2 Å². The van der Waals surface area contributed by atoms with E-state index < -0.39 is 40.3 Å². The van der Waals surface area contributed by atoms with Crippen LogP contribution in [0.5, 0.6) is 11.5 Å². The van der Waals surface area contributed by atoms with Gasteiger partial charge in [-0.2, -0.15) is 13.2 Å². The van der Waals surface area contributed by atoms with E-state index in [9.17, 15) is 32.9 Å². The molecule has 1 amide bonds. The summed E-state index contributed by atoms with van der Waals surface area (Å²) in [5.41, 5.74) is -1.58. The summed E-state index contributed by atoms with van der Waals surface area (Å²) in [6.07, 6.45) is -4.47. The predicted octanol–water partition coefficient (Wildman–Crippen LogP) is 2.00. The van der Waals surface area contributed by atoms with E-state index >= 15 is 0 Å². The van der Waals surface area contributed by atoms with Crippen molar-refractivity contribution in [2.75, 3.05) is 27.3 Å². The van der Waals surface area contributed by atoms with Crippen LogP contribution in [0.15, 0.2) is 16.9 Å². The van der Waals surface area contributed by atoms with Gasteiger partial charge in [-0.05, 0) is 12.8 Å². The Balaban J connectivity index is 1.83. The topological polar surface area (TPSA) is 122 Å². The molecule has 2 aromatic rings. The van der Waals surface area contributed by atoms with Crippen molar-refractivity contribution in [3.8, 4) is 11.5 Å². The van der Waals surface area contributed by atoms with Crippen LogP contribution in [0.25, 0.3) is 0 Å². The van der Waals surface area contributed by atoms with Crippen molar-refractivity contribution in [2.24, 2.45) is 7.05 Å². The minimum Gasteiger partial charge on any atom is -0.493 e. The number of piperidine rings is 1. The zero-order chi connectivity index (χ0) is 23.8. The smallest absolute Gasteiger partial charge is 0.451 e. The van der Waals surface area contributed by atoms with E-state index in [-0.39, 0.29) is 43.0 Å². The van der Waals surface area contributed by atoms with E-state index in [0.717, 1.165) is 17.8 Å². The molecular weight excluding hydrogens is 439 g/mol. The summed E-state index contributed by atoms with van der Waals surface area (Å²) in [6.45, 7) is 0.138. The molecule has 0 N–H and O–H groups in total. The second-order valence-corrected chi connectivity index (χ2v) is 7.11. The molecule has 14 heteroatoms. The average molecular weight is 459 g/mol. The van der Waals surface area contributed by atoms with E-state index in [1.165, 1.54) is 25.2 Å². The van der Waals surface area contributed by atoms with Crippen molar-refractivity contribution in [1.82, 2.24) is 19.2 Å². The molecule has 1 saturated heterocycles. The highest BCUT2D eigenvalue weighted by Crippen LogP contribution is 2.36. The summed E-state index contributed by atoms with van der Waals surface area (Å²) in [4.78, 5) is 37.3. The van der Waals surface area contributed by atoms with Crippen molar-refractivity contribution in [3.05, 3.63) is 44.1 Å². The lowest BCUT2D eigenvalue weighted by Gasteiger charge is -2.31. The summed E-state index contributed by atoms with van der Waals surface area (Å²) in [5, 5.41) is 14.9. The van der Waals surface area contributed by atoms with E-state index in [4.69, 9.17) is 9.47 Å². The van der Waals surface area contributed by atoms with Gasteiger partial charge in [0.25, 0.3) is 11.6 Å². The third-order valence-electron chi connectivity index (χ3n) is 5.28. The summed E-state index contributed by atoms with van der Waals surface area (Å²) < 4.78 is 50.4. The molecule has 32 heavy (non-hydrogen) atoms. The van der Waals surface area contributed by atoms with Gasteiger partial charge in [0.1, 0.15) is 5.56 Å². The Hall–Kier alpha value is -3.58. The van der Waals surface area contributed by atoms with Crippen LogP contribution >= 0.6 is 0 Å². The molecule has 1 aromatic carbocycles. The fourth-order valence-electron chi connectivity index (χ4n) is 3.62. The van der Waals surface area contributed by atoms with Gasteiger partial charge in [0, 0.05) is 26.2 Å². The lowest BCUT2D eigenvalue weighted by atomic mass is 10.0. The van der Waals surface area contributed by atoms with Gasteiger partial charge in [-0.3, -0.25) is 19.5 Å². The number of hydrogen-bond acceptors (Lipinski definition) is 7. The maximum absolute atomic E-state index is 13.0. The van der Waals surface area contributed by atoms with Gasteiger partial charge >= 0.3 is 11.9 Å². The summed E-state index contributed by atoms with van der Waals surface area (Å²) >= 11 is 0. The second-order valence-electron chi connectivity index (χ2n) is 7.11. The molecule has 0 aliphatic carbocycles. The summed E-state index contributed by atoms with van der Waals surface area (Å²) in [5.74, 6) is -1.72. The molecule has 0 unspecified atom stereocenters. The van der Waals surface area contributed by atoms with Gasteiger partial charge in [-0.25, -0.2) is 9.48 Å². The highest BCUT2D eigenvalue weighted by Gasteiger charge is 2.39. The van der Waals surface area contributed by atoms with Crippen LogP contribution in [0.1, 0.15) is 35.1 Å². The van der Waals surface area contributed by atoms with E-state index in [1.54, 1.807) is 0 Å². The Kier molecular flexibility index (Phi) is 6.14. The zero-order valence-electron chi connectivity index (χ0n) is 17.4. The Morgan fingerprint density at radius 1 is 1.19 bits per heavy atom. The lowest BCUT2D eigenvalue weighted by Crippen LogP contribution is -2.41. The number of methoxy groups -OCH3 is 2. The van der Waals surface area contributed by atoms with E-state index in [0.29, 0.717) is 4.57 Å². The van der Waals surface area contributed by atoms with Crippen LogP contribution in [0.2, 0.25) is 0 Å². The molecule has 0 atom stereocenters. The Morgan fingerprint density at radius 3 is 2.22 bits per heavy atom. The molecule has 174 valence electrons. The average Bonchev–Trinajstić information content (AvgIpc) is 3.07. The molecule has 1 aliphatic rings. The number of nitrogens with zero attached hydrogens (tertiary/aromatic N) is 5. The summed E-state index contributed by atoms with van der Waals surface area (Å²) in [6, 6.07) is 1.66. The highest BCUT2D eigenvalue weighted by atomic mass is 19.4. The number of benzene rings is 1. The first-order chi connectivity index (χ1) is 15.0. The fourth-order valence-corrected chi connectivity index (χ4v) is 3.62. The summed E-state index contributed by atoms with van der Waals surface area (Å²) in [7, 11) is 3.62. The highest BCUT2D eigenvalue weighted by molar-refractivity contribution is 5.99. The molecule has 1 aliphatic heterocycles. The van der Waals surface area contributed by atoms with Crippen LogP contribution in [-0.2, 0) is 13.2 Å². The van der Waals surface area contributed by atoms with Gasteiger partial charge < -0.3 is 14.4 Å². The fraction of sp³-hybridized carbons (Fsp3) is 0.500. The number of nitro benzene ring substituents is 1. The Morgan fingerprint density at radius 2 is 1.75 bits per heavy atom. The standard InChI is InChI=1S/C18H20F3N5O6/c1-23-16(18(19,20)21)22-25(17(23)28)10-4-6-24(7-5-10)15(27)11-8-13(31-2)14(32-3)9-12(11)26(29)30/h8-10H,4-7H2,1-3H3. The number of amides is 1. The van der Waals surface area contributed by atoms with Gasteiger partial charge in [0.05, 0.1) is 31.3 Å². The van der Waals surface area contributed by atoms with Crippen molar-refractivity contribution >= 4 is 11.6 Å². The van der Waals surface area contributed by atoms with Crippen LogP contribution in [0.4, 0.5) is 18.9 Å². The van der Waals surface area contributed by atoms with Crippen molar-refractivity contribution in [2.45, 2.75) is 25.1 Å². The molecule has 0 saturated carbocycles. The number of ether oxygens (including phenoxy) is 2. The Bertz CT molecular complexity index is 1100. The maximum Gasteiger partial charge on any atom is 0.451 e.